The highest BCUT2D eigenvalue weighted by Crippen LogP contribution is 2.17. The summed E-state index contributed by atoms with van der Waals surface area (Å²) in [5, 5.41) is 0. The molecule has 0 radical (unpaired) electrons. The molecule has 0 rings (SSSR count). The number of carbonyl (C=O) groups excluding carboxylic acids is 3. The van der Waals surface area contributed by atoms with Crippen LogP contribution >= 0.6 is 0 Å². The minimum Gasteiger partial charge on any atom is -0.462 e. The molecule has 368 valence electrons. The summed E-state index contributed by atoms with van der Waals surface area (Å²) in [6, 6.07) is 0. The van der Waals surface area contributed by atoms with Crippen molar-refractivity contribution in [3.63, 3.8) is 0 Å². The van der Waals surface area contributed by atoms with Crippen molar-refractivity contribution < 1.29 is 28.6 Å². The van der Waals surface area contributed by atoms with E-state index in [1.807, 2.05) is 0 Å². The van der Waals surface area contributed by atoms with Crippen LogP contribution in [0.2, 0.25) is 0 Å². The van der Waals surface area contributed by atoms with Crippen molar-refractivity contribution in [2.75, 3.05) is 13.2 Å². The summed E-state index contributed by atoms with van der Waals surface area (Å²) < 4.78 is 16.9. The molecule has 0 heterocycles. The topological polar surface area (TPSA) is 78.9 Å². The molecule has 0 bridgehead atoms. The lowest BCUT2D eigenvalue weighted by atomic mass is 10.0. The van der Waals surface area contributed by atoms with Gasteiger partial charge in [-0.1, -0.05) is 284 Å². The van der Waals surface area contributed by atoms with E-state index in [4.69, 9.17) is 14.2 Å². The third-order valence-electron chi connectivity index (χ3n) is 12.9. The highest BCUT2D eigenvalue weighted by atomic mass is 16.6. The Morgan fingerprint density at radius 2 is 0.435 bits per heavy atom. The molecule has 0 aromatic carbocycles. The van der Waals surface area contributed by atoms with Crippen LogP contribution in [0, 0.1) is 0 Å². The number of hydrogen-bond acceptors (Lipinski definition) is 6. The first-order chi connectivity index (χ1) is 30.5. The predicted molar refractivity (Wildman–Crippen MR) is 266 cm³/mol. The van der Waals surface area contributed by atoms with Crippen molar-refractivity contribution in [1.82, 2.24) is 0 Å². The molecule has 0 aliphatic rings. The zero-order valence-corrected chi connectivity index (χ0v) is 42.2. The summed E-state index contributed by atoms with van der Waals surface area (Å²) >= 11 is 0. The van der Waals surface area contributed by atoms with Gasteiger partial charge >= 0.3 is 17.9 Å². The Hall–Kier alpha value is -1.59. The van der Waals surface area contributed by atoms with Gasteiger partial charge in [-0.3, -0.25) is 14.4 Å². The monoisotopic (exact) mass is 877 g/mol. The molecule has 0 aromatic rings. The molecule has 0 amide bonds. The van der Waals surface area contributed by atoms with E-state index in [-0.39, 0.29) is 31.1 Å². The lowest BCUT2D eigenvalue weighted by Gasteiger charge is -2.18. The maximum Gasteiger partial charge on any atom is 0.306 e. The lowest BCUT2D eigenvalue weighted by Crippen LogP contribution is -2.30. The number of ether oxygens (including phenoxy) is 3. The van der Waals surface area contributed by atoms with Gasteiger partial charge in [-0.25, -0.2) is 0 Å². The number of unbranched alkanes of at least 4 members (excludes halogenated alkanes) is 41. The van der Waals surface area contributed by atoms with Crippen LogP contribution in [0.25, 0.3) is 0 Å². The molecular formula is C56H108O6. The largest absolute Gasteiger partial charge is 0.462 e. The Kier molecular flexibility index (Phi) is 50.7. The third-order valence-corrected chi connectivity index (χ3v) is 12.9. The molecule has 1 atom stereocenters. The van der Waals surface area contributed by atoms with E-state index in [1.165, 1.54) is 225 Å². The smallest absolute Gasteiger partial charge is 0.306 e. The van der Waals surface area contributed by atoms with Gasteiger partial charge in [0, 0.05) is 19.3 Å². The summed E-state index contributed by atoms with van der Waals surface area (Å²) in [7, 11) is 0. The third kappa shape index (κ3) is 49.4. The maximum atomic E-state index is 12.8. The lowest BCUT2D eigenvalue weighted by molar-refractivity contribution is -0.167. The Balaban J connectivity index is 4.28. The minimum absolute atomic E-state index is 0.0613. The number of carbonyl (C=O) groups is 3. The van der Waals surface area contributed by atoms with Crippen LogP contribution < -0.4 is 0 Å². The van der Waals surface area contributed by atoms with Crippen LogP contribution in [0.1, 0.15) is 323 Å². The van der Waals surface area contributed by atoms with E-state index in [9.17, 15) is 14.4 Å². The van der Waals surface area contributed by atoms with Gasteiger partial charge in [0.25, 0.3) is 0 Å². The normalized spacial score (nSPS) is 11.9. The average molecular weight is 877 g/mol. The molecular weight excluding hydrogens is 769 g/mol. The highest BCUT2D eigenvalue weighted by molar-refractivity contribution is 5.71. The highest BCUT2D eigenvalue weighted by Gasteiger charge is 2.19. The van der Waals surface area contributed by atoms with E-state index < -0.39 is 6.10 Å². The Labute approximate surface area is 387 Å². The molecule has 6 heteroatoms. The average Bonchev–Trinajstić information content (AvgIpc) is 3.27. The van der Waals surface area contributed by atoms with Gasteiger partial charge in [-0.15, -0.1) is 0 Å². The van der Waals surface area contributed by atoms with Crippen molar-refractivity contribution in [2.24, 2.45) is 0 Å². The van der Waals surface area contributed by atoms with Gasteiger partial charge in [0.1, 0.15) is 13.2 Å². The molecule has 0 N–H and O–H groups in total. The molecule has 0 aromatic heterocycles. The van der Waals surface area contributed by atoms with E-state index in [1.54, 1.807) is 0 Å². The van der Waals surface area contributed by atoms with Gasteiger partial charge in [-0.05, 0) is 19.3 Å². The Bertz CT molecular complexity index is 920. The van der Waals surface area contributed by atoms with Gasteiger partial charge in [0.2, 0.25) is 0 Å². The molecule has 6 nitrogen and oxygen atoms in total. The second kappa shape index (κ2) is 52.0. The first-order valence-electron chi connectivity index (χ1n) is 28.0. The summed E-state index contributed by atoms with van der Waals surface area (Å²) in [6.07, 6.45) is 56.6. The molecule has 0 spiro atoms. The van der Waals surface area contributed by atoms with Crippen molar-refractivity contribution in [2.45, 2.75) is 329 Å². The molecule has 0 unspecified atom stereocenters. The van der Waals surface area contributed by atoms with Crippen LogP contribution in [0.4, 0.5) is 0 Å². The number of rotatable bonds is 52. The van der Waals surface area contributed by atoms with Gasteiger partial charge in [0.15, 0.2) is 6.10 Å². The fourth-order valence-electron chi connectivity index (χ4n) is 8.62. The second-order valence-corrected chi connectivity index (χ2v) is 19.2. The minimum atomic E-state index is -0.760. The summed E-state index contributed by atoms with van der Waals surface area (Å²) in [4.78, 5) is 38.0. The number of esters is 3. The fraction of sp³-hybridized carbons (Fsp3) is 0.946. The van der Waals surface area contributed by atoms with Gasteiger partial charge < -0.3 is 14.2 Å². The molecule has 0 saturated carbocycles. The number of hydrogen-bond donors (Lipinski definition) is 0. The predicted octanol–water partition coefficient (Wildman–Crippen LogP) is 18.4. The SMILES string of the molecule is CCCCCCCCCCCCCCCCCCCC(=O)O[C@@H](COC(=O)CCCCCCCCCCCCCC)COC(=O)CCCCCCCCCCCCCCCCC. The van der Waals surface area contributed by atoms with Crippen molar-refractivity contribution in [3.8, 4) is 0 Å². The van der Waals surface area contributed by atoms with E-state index in [2.05, 4.69) is 20.8 Å². The van der Waals surface area contributed by atoms with E-state index in [0.29, 0.717) is 19.3 Å². The van der Waals surface area contributed by atoms with Crippen molar-refractivity contribution >= 4 is 17.9 Å². The fourth-order valence-corrected chi connectivity index (χ4v) is 8.62. The summed E-state index contributed by atoms with van der Waals surface area (Å²) in [5.41, 5.74) is 0. The van der Waals surface area contributed by atoms with Crippen molar-refractivity contribution in [1.29, 1.82) is 0 Å². The van der Waals surface area contributed by atoms with Crippen LogP contribution in [0.3, 0.4) is 0 Å². The van der Waals surface area contributed by atoms with E-state index >= 15 is 0 Å². The van der Waals surface area contributed by atoms with Crippen molar-refractivity contribution in [3.05, 3.63) is 0 Å². The van der Waals surface area contributed by atoms with Crippen LogP contribution in [-0.2, 0) is 28.6 Å². The summed E-state index contributed by atoms with van der Waals surface area (Å²) in [5.74, 6) is -0.835. The van der Waals surface area contributed by atoms with Gasteiger partial charge in [-0.2, -0.15) is 0 Å². The van der Waals surface area contributed by atoms with Crippen LogP contribution in [0.15, 0.2) is 0 Å². The molecule has 0 aliphatic heterocycles. The molecule has 62 heavy (non-hydrogen) atoms. The maximum absolute atomic E-state index is 12.8. The zero-order chi connectivity index (χ0) is 45.1. The Morgan fingerprint density at radius 1 is 0.258 bits per heavy atom. The molecule has 0 aliphatic carbocycles. The second-order valence-electron chi connectivity index (χ2n) is 19.2. The first-order valence-corrected chi connectivity index (χ1v) is 28.0. The first kappa shape index (κ1) is 60.4. The summed E-state index contributed by atoms with van der Waals surface area (Å²) in [6.45, 7) is 6.70. The molecule has 0 fully saturated rings. The molecule has 0 saturated heterocycles. The Morgan fingerprint density at radius 3 is 0.645 bits per heavy atom. The zero-order valence-electron chi connectivity index (χ0n) is 42.2. The van der Waals surface area contributed by atoms with E-state index in [0.717, 1.165) is 57.8 Å². The quantitative estimate of drug-likeness (QED) is 0.0344. The van der Waals surface area contributed by atoms with Gasteiger partial charge in [0.05, 0.1) is 0 Å². The standard InChI is InChI=1S/C56H108O6/c1-4-7-10-13-16-19-22-25-27-28-30-32-35-38-41-44-47-50-56(59)62-53(51-60-54(57)48-45-42-39-36-33-24-21-18-15-12-9-6-3)52-61-55(58)49-46-43-40-37-34-31-29-26-23-20-17-14-11-8-5-2/h53H,4-52H2,1-3H3/t53-/m0/s1. The van der Waals surface area contributed by atoms with Crippen LogP contribution in [-0.4, -0.2) is 37.2 Å². The van der Waals surface area contributed by atoms with Crippen LogP contribution in [0.5, 0.6) is 0 Å².